The number of rotatable bonds is 3. The van der Waals surface area contributed by atoms with Crippen molar-refractivity contribution in [3.8, 4) is 0 Å². The smallest absolute Gasteiger partial charge is 0.350 e. The standard InChI is InChI=1S/C7H7NO3S/c1-11-7(10)6-5(8-4-9)2-3-12-6/h2-4H,1H3,(H,8,9). The Morgan fingerprint density at radius 1 is 1.75 bits per heavy atom. The van der Waals surface area contributed by atoms with E-state index in [1.165, 1.54) is 18.4 Å². The molecule has 1 heterocycles. The summed E-state index contributed by atoms with van der Waals surface area (Å²) in [4.78, 5) is 21.5. The molecule has 0 fully saturated rings. The topological polar surface area (TPSA) is 55.4 Å². The summed E-state index contributed by atoms with van der Waals surface area (Å²) in [6.07, 6.45) is 0.522. The Kier molecular flexibility index (Phi) is 2.82. The highest BCUT2D eigenvalue weighted by Gasteiger charge is 2.12. The summed E-state index contributed by atoms with van der Waals surface area (Å²) in [7, 11) is 1.30. The molecule has 0 radical (unpaired) electrons. The maximum Gasteiger partial charge on any atom is 0.350 e. The molecule has 0 aliphatic heterocycles. The lowest BCUT2D eigenvalue weighted by atomic mass is 10.4. The molecule has 0 aliphatic rings. The Balaban J connectivity index is 2.90. The molecule has 0 unspecified atom stereocenters. The van der Waals surface area contributed by atoms with Crippen molar-refractivity contribution < 1.29 is 14.3 Å². The first-order chi connectivity index (χ1) is 5.79. The number of hydrogen-bond acceptors (Lipinski definition) is 4. The van der Waals surface area contributed by atoms with Crippen molar-refractivity contribution >= 4 is 29.4 Å². The fraction of sp³-hybridized carbons (Fsp3) is 0.143. The molecule has 12 heavy (non-hydrogen) atoms. The highest BCUT2D eigenvalue weighted by atomic mass is 32.1. The van der Waals surface area contributed by atoms with Gasteiger partial charge in [0, 0.05) is 0 Å². The summed E-state index contributed by atoms with van der Waals surface area (Å²) in [5, 5.41) is 4.11. The Bertz CT molecular complexity index is 295. The van der Waals surface area contributed by atoms with Gasteiger partial charge in [-0.05, 0) is 11.4 Å². The van der Waals surface area contributed by atoms with Crippen LogP contribution in [0.5, 0.6) is 0 Å². The summed E-state index contributed by atoms with van der Waals surface area (Å²) in [5.74, 6) is -0.436. The van der Waals surface area contributed by atoms with E-state index in [-0.39, 0.29) is 0 Å². The molecule has 0 atom stereocenters. The second-order valence-electron chi connectivity index (χ2n) is 1.92. The third-order valence-corrected chi connectivity index (χ3v) is 2.14. The number of anilines is 1. The molecule has 5 heteroatoms. The first-order valence-corrected chi connectivity index (χ1v) is 4.03. The van der Waals surface area contributed by atoms with Gasteiger partial charge in [0.05, 0.1) is 12.8 Å². The predicted molar refractivity (Wildman–Crippen MR) is 45.3 cm³/mol. The van der Waals surface area contributed by atoms with Crippen molar-refractivity contribution in [1.82, 2.24) is 0 Å². The number of nitrogens with one attached hydrogen (secondary N) is 1. The van der Waals surface area contributed by atoms with Crippen LogP contribution in [0.15, 0.2) is 11.4 Å². The lowest BCUT2D eigenvalue weighted by Gasteiger charge is -1.98. The van der Waals surface area contributed by atoms with E-state index in [0.29, 0.717) is 17.0 Å². The van der Waals surface area contributed by atoms with Crippen molar-refractivity contribution in [2.75, 3.05) is 12.4 Å². The van der Waals surface area contributed by atoms with Crippen molar-refractivity contribution in [3.05, 3.63) is 16.3 Å². The third kappa shape index (κ3) is 1.62. The summed E-state index contributed by atoms with van der Waals surface area (Å²) in [5.41, 5.74) is 0.488. The van der Waals surface area contributed by atoms with Crippen LogP contribution in [0, 0.1) is 0 Å². The van der Waals surface area contributed by atoms with Crippen molar-refractivity contribution in [2.24, 2.45) is 0 Å². The number of methoxy groups -OCH3 is 1. The summed E-state index contributed by atoms with van der Waals surface area (Å²) >= 11 is 1.23. The Morgan fingerprint density at radius 2 is 2.50 bits per heavy atom. The van der Waals surface area contributed by atoms with Gasteiger partial charge in [0.1, 0.15) is 4.88 Å². The van der Waals surface area contributed by atoms with E-state index in [0.717, 1.165) is 0 Å². The maximum atomic E-state index is 11.0. The van der Waals surface area contributed by atoms with Gasteiger partial charge in [-0.15, -0.1) is 11.3 Å². The van der Waals surface area contributed by atoms with E-state index in [4.69, 9.17) is 0 Å². The highest BCUT2D eigenvalue weighted by Crippen LogP contribution is 2.22. The molecule has 0 saturated heterocycles. The summed E-state index contributed by atoms with van der Waals surface area (Å²) in [6, 6.07) is 1.64. The van der Waals surface area contributed by atoms with Crippen LogP contribution in [0.1, 0.15) is 9.67 Å². The average Bonchev–Trinajstić information content (AvgIpc) is 2.52. The average molecular weight is 185 g/mol. The highest BCUT2D eigenvalue weighted by molar-refractivity contribution is 7.12. The Labute approximate surface area is 73.2 Å². The normalized spacial score (nSPS) is 9.08. The van der Waals surface area contributed by atoms with Gasteiger partial charge in [-0.1, -0.05) is 0 Å². The second kappa shape index (κ2) is 3.87. The molecule has 0 saturated carbocycles. The van der Waals surface area contributed by atoms with Crippen LogP contribution in [0.3, 0.4) is 0 Å². The minimum atomic E-state index is -0.436. The van der Waals surface area contributed by atoms with Gasteiger partial charge < -0.3 is 10.1 Å². The van der Waals surface area contributed by atoms with Crippen molar-refractivity contribution in [1.29, 1.82) is 0 Å². The van der Waals surface area contributed by atoms with Crippen LogP contribution < -0.4 is 5.32 Å². The van der Waals surface area contributed by atoms with Crippen LogP contribution in [0.2, 0.25) is 0 Å². The van der Waals surface area contributed by atoms with Gasteiger partial charge in [-0.25, -0.2) is 4.79 Å². The van der Waals surface area contributed by atoms with E-state index >= 15 is 0 Å². The summed E-state index contributed by atoms with van der Waals surface area (Å²) in [6.45, 7) is 0. The van der Waals surface area contributed by atoms with Gasteiger partial charge >= 0.3 is 5.97 Å². The molecule has 4 nitrogen and oxygen atoms in total. The van der Waals surface area contributed by atoms with Gasteiger partial charge in [-0.3, -0.25) is 4.79 Å². The minimum absolute atomic E-state index is 0.407. The van der Waals surface area contributed by atoms with Gasteiger partial charge in [-0.2, -0.15) is 0 Å². The van der Waals surface area contributed by atoms with Crippen molar-refractivity contribution in [2.45, 2.75) is 0 Å². The largest absolute Gasteiger partial charge is 0.465 e. The zero-order valence-electron chi connectivity index (χ0n) is 6.37. The maximum absolute atomic E-state index is 11.0. The molecule has 1 aromatic heterocycles. The molecule has 0 aliphatic carbocycles. The monoisotopic (exact) mass is 185 g/mol. The molecule has 1 rings (SSSR count). The lowest BCUT2D eigenvalue weighted by molar-refractivity contribution is -0.105. The van der Waals surface area contributed by atoms with Crippen molar-refractivity contribution in [3.63, 3.8) is 0 Å². The van der Waals surface area contributed by atoms with E-state index in [1.54, 1.807) is 11.4 Å². The zero-order valence-corrected chi connectivity index (χ0v) is 7.18. The molecule has 0 spiro atoms. The minimum Gasteiger partial charge on any atom is -0.465 e. The third-order valence-electron chi connectivity index (χ3n) is 1.25. The first kappa shape index (κ1) is 8.73. The van der Waals surface area contributed by atoms with E-state index in [2.05, 4.69) is 10.1 Å². The quantitative estimate of drug-likeness (QED) is 0.566. The van der Waals surface area contributed by atoms with E-state index in [9.17, 15) is 9.59 Å². The van der Waals surface area contributed by atoms with E-state index < -0.39 is 5.97 Å². The molecule has 1 N–H and O–H groups in total. The van der Waals surface area contributed by atoms with Gasteiger partial charge in [0.25, 0.3) is 0 Å². The summed E-state index contributed by atoms with van der Waals surface area (Å²) < 4.78 is 4.50. The molecular formula is C7H7NO3S. The van der Waals surface area contributed by atoms with Crippen LogP contribution in [-0.4, -0.2) is 19.5 Å². The molecule has 64 valence electrons. The number of ether oxygens (including phenoxy) is 1. The Hall–Kier alpha value is -1.36. The first-order valence-electron chi connectivity index (χ1n) is 3.15. The van der Waals surface area contributed by atoms with Crippen LogP contribution in [0.25, 0.3) is 0 Å². The van der Waals surface area contributed by atoms with Gasteiger partial charge in [0.15, 0.2) is 0 Å². The number of thiophene rings is 1. The number of carbonyl (C=O) groups excluding carboxylic acids is 2. The number of esters is 1. The van der Waals surface area contributed by atoms with E-state index in [1.807, 2.05) is 0 Å². The molecule has 1 aromatic rings. The van der Waals surface area contributed by atoms with Crippen LogP contribution in [0.4, 0.5) is 5.69 Å². The number of carbonyl (C=O) groups is 2. The second-order valence-corrected chi connectivity index (χ2v) is 2.83. The zero-order chi connectivity index (χ0) is 8.97. The Morgan fingerprint density at radius 3 is 3.08 bits per heavy atom. The lowest BCUT2D eigenvalue weighted by Crippen LogP contribution is -2.03. The molecule has 0 bridgehead atoms. The van der Waals surface area contributed by atoms with Crippen LogP contribution in [-0.2, 0) is 9.53 Å². The fourth-order valence-corrected chi connectivity index (χ4v) is 1.51. The number of hydrogen-bond donors (Lipinski definition) is 1. The molecule has 1 amide bonds. The van der Waals surface area contributed by atoms with Crippen LogP contribution >= 0.6 is 11.3 Å². The SMILES string of the molecule is COC(=O)c1sccc1NC=O. The fourth-order valence-electron chi connectivity index (χ4n) is 0.737. The molecular weight excluding hydrogens is 178 g/mol. The predicted octanol–water partition coefficient (Wildman–Crippen LogP) is 1.10. The molecule has 0 aromatic carbocycles. The van der Waals surface area contributed by atoms with Gasteiger partial charge in [0.2, 0.25) is 6.41 Å². The number of amides is 1.